The van der Waals surface area contributed by atoms with Crippen LogP contribution in [0.4, 0.5) is 0 Å². The maximum Gasteiger partial charge on any atom is 0.231 e. The van der Waals surface area contributed by atoms with Crippen molar-refractivity contribution in [1.82, 2.24) is 20.1 Å². The van der Waals surface area contributed by atoms with Crippen molar-refractivity contribution in [3.05, 3.63) is 29.6 Å². The van der Waals surface area contributed by atoms with Gasteiger partial charge in [0.05, 0.1) is 24.8 Å². The lowest BCUT2D eigenvalue weighted by molar-refractivity contribution is -0.131. The van der Waals surface area contributed by atoms with Gasteiger partial charge in [-0.1, -0.05) is 6.07 Å². The van der Waals surface area contributed by atoms with Crippen LogP contribution in [0.3, 0.4) is 0 Å². The molecule has 2 aliphatic rings. The maximum absolute atomic E-state index is 12.6. The lowest BCUT2D eigenvalue weighted by atomic mass is 9.94. The molecule has 1 aromatic rings. The summed E-state index contributed by atoms with van der Waals surface area (Å²) in [4.78, 5) is 32.8. The molecule has 0 spiro atoms. The first-order valence-electron chi connectivity index (χ1n) is 8.42. The number of morpholine rings is 1. The van der Waals surface area contributed by atoms with Crippen molar-refractivity contribution in [1.29, 1.82) is 0 Å². The van der Waals surface area contributed by atoms with Crippen LogP contribution < -0.4 is 5.32 Å². The monoisotopic (exact) mass is 332 g/mol. The highest BCUT2D eigenvalue weighted by molar-refractivity contribution is 5.85. The van der Waals surface area contributed by atoms with Crippen LogP contribution in [0.2, 0.25) is 0 Å². The van der Waals surface area contributed by atoms with Gasteiger partial charge in [-0.25, -0.2) is 0 Å². The number of amides is 2. The largest absolute Gasteiger partial charge is 0.379 e. The highest BCUT2D eigenvalue weighted by Crippen LogP contribution is 2.26. The quantitative estimate of drug-likeness (QED) is 0.838. The van der Waals surface area contributed by atoms with Crippen LogP contribution in [0.25, 0.3) is 0 Å². The first-order chi connectivity index (χ1) is 11.6. The fourth-order valence-electron chi connectivity index (χ4n) is 3.21. The molecule has 1 atom stereocenters. The van der Waals surface area contributed by atoms with Gasteiger partial charge in [0.1, 0.15) is 0 Å². The summed E-state index contributed by atoms with van der Waals surface area (Å²) in [5.74, 6) is -0.478. The topological polar surface area (TPSA) is 74.8 Å². The molecule has 1 aromatic heterocycles. The van der Waals surface area contributed by atoms with Gasteiger partial charge >= 0.3 is 0 Å². The summed E-state index contributed by atoms with van der Waals surface area (Å²) in [5, 5.41) is 3.00. The Balaban J connectivity index is 1.61. The van der Waals surface area contributed by atoms with Crippen molar-refractivity contribution in [3.8, 4) is 0 Å². The second-order valence-corrected chi connectivity index (χ2v) is 6.24. The molecule has 0 bridgehead atoms. The van der Waals surface area contributed by atoms with E-state index in [0.29, 0.717) is 19.6 Å². The molecule has 2 amide bonds. The first-order valence-corrected chi connectivity index (χ1v) is 8.42. The van der Waals surface area contributed by atoms with Gasteiger partial charge in [0.25, 0.3) is 0 Å². The van der Waals surface area contributed by atoms with Crippen molar-refractivity contribution >= 4 is 11.8 Å². The summed E-state index contributed by atoms with van der Waals surface area (Å²) in [5.41, 5.74) is 1.74. The summed E-state index contributed by atoms with van der Waals surface area (Å²) < 4.78 is 5.32. The molecule has 1 unspecified atom stereocenters. The number of nitrogens with zero attached hydrogens (tertiary/aromatic N) is 3. The molecule has 7 nitrogen and oxygen atoms in total. The van der Waals surface area contributed by atoms with E-state index in [-0.39, 0.29) is 11.8 Å². The summed E-state index contributed by atoms with van der Waals surface area (Å²) >= 11 is 0. The fourth-order valence-corrected chi connectivity index (χ4v) is 3.21. The lowest BCUT2D eigenvalue weighted by Crippen LogP contribution is -2.46. The molecule has 0 saturated carbocycles. The van der Waals surface area contributed by atoms with Crippen LogP contribution in [-0.2, 0) is 20.9 Å². The molecule has 7 heteroatoms. The number of ether oxygens (including phenoxy) is 1. The highest BCUT2D eigenvalue weighted by Gasteiger charge is 2.32. The molecule has 0 aromatic carbocycles. The Morgan fingerprint density at radius 3 is 2.92 bits per heavy atom. The Labute approximate surface area is 142 Å². The van der Waals surface area contributed by atoms with Gasteiger partial charge in [0.15, 0.2) is 0 Å². The number of hydrogen-bond donors (Lipinski definition) is 1. The van der Waals surface area contributed by atoms with Crippen LogP contribution in [0.5, 0.6) is 0 Å². The second-order valence-electron chi connectivity index (χ2n) is 6.24. The van der Waals surface area contributed by atoms with E-state index >= 15 is 0 Å². The van der Waals surface area contributed by atoms with Crippen LogP contribution in [0.15, 0.2) is 18.3 Å². The van der Waals surface area contributed by atoms with E-state index in [1.807, 2.05) is 12.1 Å². The Morgan fingerprint density at radius 2 is 2.17 bits per heavy atom. The smallest absolute Gasteiger partial charge is 0.231 e. The summed E-state index contributed by atoms with van der Waals surface area (Å²) in [6.07, 6.45) is 1.70. The average molecular weight is 332 g/mol. The van der Waals surface area contributed by atoms with E-state index in [9.17, 15) is 9.59 Å². The molecular weight excluding hydrogens is 308 g/mol. The number of aromatic nitrogens is 1. The van der Waals surface area contributed by atoms with Crippen LogP contribution in [-0.4, -0.2) is 72.5 Å². The first kappa shape index (κ1) is 16.9. The van der Waals surface area contributed by atoms with Crippen molar-refractivity contribution < 1.29 is 14.3 Å². The summed E-state index contributed by atoms with van der Waals surface area (Å²) in [6, 6.07) is 3.78. The number of fused-ring (bicyclic) bond motifs is 1. The zero-order chi connectivity index (χ0) is 16.9. The third-order valence-electron chi connectivity index (χ3n) is 4.61. The minimum atomic E-state index is -0.400. The molecule has 1 saturated heterocycles. The standard InChI is InChI=1S/C17H24N4O3/c1-13(22)21-11-14-3-2-4-18-16(14)15(12-21)17(23)19-5-6-20-7-9-24-10-8-20/h2-4,15H,5-12H2,1H3,(H,19,23). The lowest BCUT2D eigenvalue weighted by Gasteiger charge is -2.32. The predicted octanol–water partition coefficient (Wildman–Crippen LogP) is -0.0243. The van der Waals surface area contributed by atoms with E-state index in [0.717, 1.165) is 44.1 Å². The summed E-state index contributed by atoms with van der Waals surface area (Å²) in [6.45, 7) is 7.17. The van der Waals surface area contributed by atoms with E-state index in [1.54, 1.807) is 11.1 Å². The van der Waals surface area contributed by atoms with Crippen molar-refractivity contribution in [3.63, 3.8) is 0 Å². The minimum Gasteiger partial charge on any atom is -0.379 e. The molecule has 2 aliphatic heterocycles. The maximum atomic E-state index is 12.6. The van der Waals surface area contributed by atoms with Crippen LogP contribution in [0, 0.1) is 0 Å². The molecule has 0 aliphatic carbocycles. The minimum absolute atomic E-state index is 0.0179. The van der Waals surface area contributed by atoms with Gasteiger partial charge in [-0.3, -0.25) is 19.5 Å². The van der Waals surface area contributed by atoms with E-state index in [4.69, 9.17) is 4.74 Å². The Hall–Kier alpha value is -1.99. The van der Waals surface area contributed by atoms with Gasteiger partial charge in [-0.05, 0) is 11.6 Å². The zero-order valence-electron chi connectivity index (χ0n) is 14.0. The van der Waals surface area contributed by atoms with Crippen molar-refractivity contribution in [2.24, 2.45) is 0 Å². The Morgan fingerprint density at radius 1 is 1.38 bits per heavy atom. The Kier molecular flexibility index (Phi) is 5.42. The van der Waals surface area contributed by atoms with Gasteiger partial charge in [0.2, 0.25) is 11.8 Å². The SMILES string of the molecule is CC(=O)N1Cc2cccnc2C(C(=O)NCCN2CCOCC2)C1. The average Bonchev–Trinajstić information content (AvgIpc) is 2.61. The molecule has 3 rings (SSSR count). The molecule has 3 heterocycles. The fraction of sp³-hybridized carbons (Fsp3) is 0.588. The van der Waals surface area contributed by atoms with Gasteiger partial charge in [-0.15, -0.1) is 0 Å². The molecule has 130 valence electrons. The van der Waals surface area contributed by atoms with Crippen molar-refractivity contribution in [2.75, 3.05) is 45.9 Å². The highest BCUT2D eigenvalue weighted by atomic mass is 16.5. The molecule has 1 N–H and O–H groups in total. The van der Waals surface area contributed by atoms with E-state index in [1.165, 1.54) is 6.92 Å². The van der Waals surface area contributed by atoms with E-state index < -0.39 is 5.92 Å². The molecule has 0 radical (unpaired) electrons. The Bertz CT molecular complexity index is 601. The predicted molar refractivity (Wildman–Crippen MR) is 88.3 cm³/mol. The molecule has 1 fully saturated rings. The molecule has 24 heavy (non-hydrogen) atoms. The molecular formula is C17H24N4O3. The zero-order valence-corrected chi connectivity index (χ0v) is 14.0. The number of pyridine rings is 1. The van der Waals surface area contributed by atoms with E-state index in [2.05, 4.69) is 15.2 Å². The van der Waals surface area contributed by atoms with Gasteiger partial charge in [0, 0.05) is 52.4 Å². The normalized spacial score (nSPS) is 21.2. The number of carbonyl (C=O) groups excluding carboxylic acids is 2. The second kappa shape index (κ2) is 7.72. The number of nitrogens with one attached hydrogen (secondary N) is 1. The van der Waals surface area contributed by atoms with Crippen LogP contribution >= 0.6 is 0 Å². The third-order valence-corrected chi connectivity index (χ3v) is 4.61. The number of rotatable bonds is 4. The van der Waals surface area contributed by atoms with Gasteiger partial charge in [-0.2, -0.15) is 0 Å². The number of carbonyl (C=O) groups is 2. The summed E-state index contributed by atoms with van der Waals surface area (Å²) in [7, 11) is 0. The third kappa shape index (κ3) is 3.91. The van der Waals surface area contributed by atoms with Crippen molar-refractivity contribution in [2.45, 2.75) is 19.4 Å². The van der Waals surface area contributed by atoms with Gasteiger partial charge < -0.3 is 15.0 Å². The van der Waals surface area contributed by atoms with Crippen LogP contribution in [0.1, 0.15) is 24.1 Å². The number of hydrogen-bond acceptors (Lipinski definition) is 5.